The van der Waals surface area contributed by atoms with Crippen LogP contribution >= 0.6 is 11.3 Å². The van der Waals surface area contributed by atoms with Crippen molar-refractivity contribution in [2.24, 2.45) is 5.92 Å². The molecule has 0 unspecified atom stereocenters. The zero-order valence-electron chi connectivity index (χ0n) is 18.6. The minimum absolute atomic E-state index is 0.113. The predicted octanol–water partition coefficient (Wildman–Crippen LogP) is 5.83. The predicted molar refractivity (Wildman–Crippen MR) is 132 cm³/mol. The minimum atomic E-state index is -0.113. The van der Waals surface area contributed by atoms with E-state index in [2.05, 4.69) is 37.7 Å². The van der Waals surface area contributed by atoms with E-state index in [4.69, 9.17) is 4.74 Å². The molecule has 0 radical (unpaired) electrons. The third kappa shape index (κ3) is 4.84. The molecule has 3 heterocycles. The van der Waals surface area contributed by atoms with Crippen molar-refractivity contribution in [1.29, 1.82) is 0 Å². The summed E-state index contributed by atoms with van der Waals surface area (Å²) in [4.78, 5) is 12.4. The van der Waals surface area contributed by atoms with Crippen molar-refractivity contribution in [3.63, 3.8) is 0 Å². The molecule has 1 saturated heterocycles. The highest BCUT2D eigenvalue weighted by Crippen LogP contribution is 2.37. The first-order valence-corrected chi connectivity index (χ1v) is 12.2. The third-order valence-corrected chi connectivity index (χ3v) is 7.27. The number of methoxy groups -OCH3 is 1. The number of rotatable bonds is 7. The Morgan fingerprint density at radius 1 is 1.09 bits per heavy atom. The van der Waals surface area contributed by atoms with Crippen LogP contribution in [0.1, 0.15) is 18.4 Å². The highest BCUT2D eigenvalue weighted by Gasteiger charge is 2.21. The lowest BCUT2D eigenvalue weighted by Crippen LogP contribution is -2.35. The maximum absolute atomic E-state index is 14.0. The quantitative estimate of drug-likeness (QED) is 0.374. The van der Waals surface area contributed by atoms with E-state index >= 15 is 0 Å². The number of nitrogens with one attached hydrogen (secondary N) is 1. The van der Waals surface area contributed by atoms with Crippen molar-refractivity contribution < 1.29 is 9.13 Å². The van der Waals surface area contributed by atoms with Gasteiger partial charge in [-0.05, 0) is 55.6 Å². The van der Waals surface area contributed by atoms with E-state index in [0.29, 0.717) is 12.5 Å². The van der Waals surface area contributed by atoms with E-state index < -0.39 is 0 Å². The Kier molecular flexibility index (Phi) is 6.51. The van der Waals surface area contributed by atoms with Gasteiger partial charge in [-0.25, -0.2) is 14.4 Å². The number of benzene rings is 2. The van der Waals surface area contributed by atoms with Crippen molar-refractivity contribution >= 4 is 27.4 Å². The van der Waals surface area contributed by atoms with Crippen LogP contribution in [0, 0.1) is 11.7 Å². The molecule has 1 N–H and O–H groups in total. The number of halogens is 1. The van der Waals surface area contributed by atoms with Crippen LogP contribution in [0.3, 0.4) is 0 Å². The molecule has 1 aliphatic rings. The number of fused-ring (bicyclic) bond motifs is 1. The molecular formula is C26H27FN4OS. The van der Waals surface area contributed by atoms with Gasteiger partial charge in [0.1, 0.15) is 28.5 Å². The van der Waals surface area contributed by atoms with Gasteiger partial charge in [0, 0.05) is 29.6 Å². The van der Waals surface area contributed by atoms with E-state index in [9.17, 15) is 4.39 Å². The summed E-state index contributed by atoms with van der Waals surface area (Å²) in [6.45, 7) is 3.52. The Hall–Kier alpha value is -3.03. The van der Waals surface area contributed by atoms with Gasteiger partial charge < -0.3 is 10.1 Å². The lowest BCUT2D eigenvalue weighted by Gasteiger charge is -2.32. The zero-order valence-corrected chi connectivity index (χ0v) is 19.4. The van der Waals surface area contributed by atoms with Gasteiger partial charge in [-0.3, -0.25) is 4.90 Å². The molecular weight excluding hydrogens is 435 g/mol. The van der Waals surface area contributed by atoms with Gasteiger partial charge in [-0.2, -0.15) is 0 Å². The van der Waals surface area contributed by atoms with Gasteiger partial charge in [0.15, 0.2) is 0 Å². The van der Waals surface area contributed by atoms with Crippen LogP contribution < -0.4 is 10.1 Å². The van der Waals surface area contributed by atoms with Crippen molar-refractivity contribution in [2.75, 3.05) is 32.1 Å². The van der Waals surface area contributed by atoms with Crippen LogP contribution in [0.5, 0.6) is 5.75 Å². The molecule has 170 valence electrons. The first kappa shape index (κ1) is 21.8. The summed E-state index contributed by atoms with van der Waals surface area (Å²) in [5.74, 6) is 2.18. The molecule has 5 rings (SSSR count). The molecule has 0 saturated carbocycles. The third-order valence-electron chi connectivity index (χ3n) is 6.39. The highest BCUT2D eigenvalue weighted by atomic mass is 32.1. The number of anilines is 1. The molecule has 5 nitrogen and oxygen atoms in total. The largest absolute Gasteiger partial charge is 0.497 e. The molecule has 7 heteroatoms. The van der Waals surface area contributed by atoms with Crippen LogP contribution in [-0.4, -0.2) is 41.6 Å². The van der Waals surface area contributed by atoms with E-state index in [-0.39, 0.29) is 5.82 Å². The Balaban J connectivity index is 1.24. The monoisotopic (exact) mass is 462 g/mol. The number of likely N-dealkylation sites (tertiary alicyclic amines) is 1. The first-order chi connectivity index (χ1) is 16.2. The van der Waals surface area contributed by atoms with Gasteiger partial charge in [0.05, 0.1) is 12.5 Å². The second-order valence-electron chi connectivity index (χ2n) is 8.47. The minimum Gasteiger partial charge on any atom is -0.497 e. The highest BCUT2D eigenvalue weighted by molar-refractivity contribution is 7.17. The Labute approximate surface area is 197 Å². The van der Waals surface area contributed by atoms with E-state index in [1.807, 2.05) is 24.3 Å². The molecule has 0 amide bonds. The smallest absolute Gasteiger partial charge is 0.138 e. The molecule has 2 aromatic carbocycles. The van der Waals surface area contributed by atoms with Crippen LogP contribution in [0.15, 0.2) is 60.2 Å². The average Bonchev–Trinajstić information content (AvgIpc) is 3.30. The summed E-state index contributed by atoms with van der Waals surface area (Å²) in [5.41, 5.74) is 3.04. The fraction of sp³-hybridized carbons (Fsp3) is 0.308. The van der Waals surface area contributed by atoms with Gasteiger partial charge in [0.25, 0.3) is 0 Å². The van der Waals surface area contributed by atoms with E-state index in [1.54, 1.807) is 36.9 Å². The fourth-order valence-corrected chi connectivity index (χ4v) is 5.37. The van der Waals surface area contributed by atoms with Crippen LogP contribution in [0.4, 0.5) is 10.2 Å². The van der Waals surface area contributed by atoms with Crippen molar-refractivity contribution in [3.05, 3.63) is 71.6 Å². The van der Waals surface area contributed by atoms with Crippen LogP contribution in [0.2, 0.25) is 0 Å². The second-order valence-corrected chi connectivity index (χ2v) is 9.33. The summed E-state index contributed by atoms with van der Waals surface area (Å²) >= 11 is 1.64. The summed E-state index contributed by atoms with van der Waals surface area (Å²) in [6.07, 6.45) is 3.81. The summed E-state index contributed by atoms with van der Waals surface area (Å²) in [6, 6.07) is 15.2. The average molecular weight is 463 g/mol. The molecule has 0 atom stereocenters. The standard InChI is InChI=1S/C26H27FN4OS/c1-32-21-8-6-19(7-9-21)22-16-33-26-24(22)25(29-17-30-26)28-14-18-10-12-31(13-11-18)15-20-4-2-3-5-23(20)27/h2-9,16-18H,10-15H2,1H3,(H,28,29,30). The normalized spacial score (nSPS) is 15.1. The lowest BCUT2D eigenvalue weighted by atomic mass is 9.96. The maximum Gasteiger partial charge on any atom is 0.138 e. The molecule has 2 aromatic heterocycles. The SMILES string of the molecule is COc1ccc(-c2csc3ncnc(NCC4CCN(Cc5ccccc5F)CC4)c23)cc1. The lowest BCUT2D eigenvalue weighted by molar-refractivity contribution is 0.180. The number of hydrogen-bond acceptors (Lipinski definition) is 6. The van der Waals surface area contributed by atoms with Crippen LogP contribution in [0.25, 0.3) is 21.3 Å². The van der Waals surface area contributed by atoms with Gasteiger partial charge in [-0.1, -0.05) is 30.3 Å². The number of hydrogen-bond donors (Lipinski definition) is 1. The van der Waals surface area contributed by atoms with Crippen molar-refractivity contribution in [2.45, 2.75) is 19.4 Å². The maximum atomic E-state index is 14.0. The second kappa shape index (κ2) is 9.85. The molecule has 1 fully saturated rings. The van der Waals surface area contributed by atoms with Crippen LogP contribution in [-0.2, 0) is 6.54 Å². The molecule has 0 spiro atoms. The van der Waals surface area contributed by atoms with E-state index in [0.717, 1.165) is 71.0 Å². The Morgan fingerprint density at radius 3 is 2.64 bits per heavy atom. The topological polar surface area (TPSA) is 50.3 Å². The summed E-state index contributed by atoms with van der Waals surface area (Å²) < 4.78 is 19.3. The number of piperidine rings is 1. The van der Waals surface area contributed by atoms with Gasteiger partial charge >= 0.3 is 0 Å². The molecule has 1 aliphatic heterocycles. The Morgan fingerprint density at radius 2 is 1.88 bits per heavy atom. The number of thiophene rings is 1. The molecule has 0 bridgehead atoms. The Bertz CT molecular complexity index is 1220. The summed E-state index contributed by atoms with van der Waals surface area (Å²) in [5, 5.41) is 6.82. The summed E-state index contributed by atoms with van der Waals surface area (Å²) in [7, 11) is 1.68. The fourth-order valence-electron chi connectivity index (χ4n) is 4.45. The number of aromatic nitrogens is 2. The van der Waals surface area contributed by atoms with E-state index in [1.165, 1.54) is 0 Å². The number of nitrogens with zero attached hydrogens (tertiary/aromatic N) is 3. The van der Waals surface area contributed by atoms with Crippen molar-refractivity contribution in [3.8, 4) is 16.9 Å². The molecule has 4 aromatic rings. The molecule has 33 heavy (non-hydrogen) atoms. The van der Waals surface area contributed by atoms with Crippen molar-refractivity contribution in [1.82, 2.24) is 14.9 Å². The zero-order chi connectivity index (χ0) is 22.6. The van der Waals surface area contributed by atoms with Gasteiger partial charge in [-0.15, -0.1) is 11.3 Å². The molecule has 0 aliphatic carbocycles. The first-order valence-electron chi connectivity index (χ1n) is 11.3. The van der Waals surface area contributed by atoms with Gasteiger partial charge in [0.2, 0.25) is 0 Å². The number of ether oxygens (including phenoxy) is 1.